The zero-order chi connectivity index (χ0) is 12.4. The summed E-state index contributed by atoms with van der Waals surface area (Å²) in [5, 5.41) is 7.06. The lowest BCUT2D eigenvalue weighted by Crippen LogP contribution is -2.42. The van der Waals surface area contributed by atoms with Crippen LogP contribution in [0.25, 0.3) is 0 Å². The lowest BCUT2D eigenvalue weighted by molar-refractivity contribution is 0.253. The number of hydrogen-bond acceptors (Lipinski definition) is 4. The third kappa shape index (κ3) is 2.34. The van der Waals surface area contributed by atoms with E-state index in [2.05, 4.69) is 27.5 Å². The van der Waals surface area contributed by atoms with Gasteiger partial charge in [-0.25, -0.2) is 9.97 Å². The van der Waals surface area contributed by atoms with E-state index >= 15 is 0 Å². The van der Waals surface area contributed by atoms with Gasteiger partial charge >= 0.3 is 0 Å². The van der Waals surface area contributed by atoms with E-state index in [9.17, 15) is 0 Å². The molecule has 1 unspecified atom stereocenters. The van der Waals surface area contributed by atoms with E-state index in [0.29, 0.717) is 5.41 Å². The number of aromatic nitrogens is 2. The van der Waals surface area contributed by atoms with Crippen molar-refractivity contribution < 1.29 is 0 Å². The van der Waals surface area contributed by atoms with Crippen molar-refractivity contribution in [3.63, 3.8) is 0 Å². The molecule has 0 aromatic carbocycles. The van der Waals surface area contributed by atoms with Gasteiger partial charge in [-0.2, -0.15) is 0 Å². The Morgan fingerprint density at radius 2 is 2.28 bits per heavy atom. The smallest absolute Gasteiger partial charge is 0.132 e. The van der Waals surface area contributed by atoms with Crippen LogP contribution in [0.2, 0.25) is 0 Å². The summed E-state index contributed by atoms with van der Waals surface area (Å²) in [5.74, 6) is 1.07. The Hall–Kier alpha value is -1.16. The summed E-state index contributed by atoms with van der Waals surface area (Å²) in [7, 11) is 0. The van der Waals surface area contributed by atoms with Crippen LogP contribution in [0.1, 0.15) is 37.4 Å². The van der Waals surface area contributed by atoms with E-state index in [1.54, 1.807) is 6.33 Å². The highest BCUT2D eigenvalue weighted by Crippen LogP contribution is 2.28. The van der Waals surface area contributed by atoms with Crippen LogP contribution in [0.3, 0.4) is 0 Å². The minimum atomic E-state index is 0.356. The number of nitrogens with zero attached hydrogens (tertiary/aromatic N) is 2. The van der Waals surface area contributed by atoms with Crippen LogP contribution in [0.4, 0.5) is 5.82 Å². The molecule has 1 aromatic heterocycles. The van der Waals surface area contributed by atoms with E-state index in [-0.39, 0.29) is 0 Å². The molecule has 1 atom stereocenters. The van der Waals surface area contributed by atoms with Crippen LogP contribution in [0.5, 0.6) is 0 Å². The average Bonchev–Trinajstić information content (AvgIpc) is 2.86. The average molecular weight is 246 g/mol. The van der Waals surface area contributed by atoms with Crippen LogP contribution in [0, 0.1) is 5.41 Å². The molecule has 0 amide bonds. The Labute approximate surface area is 109 Å². The van der Waals surface area contributed by atoms with Gasteiger partial charge < -0.3 is 10.6 Å². The van der Waals surface area contributed by atoms with Gasteiger partial charge in [-0.05, 0) is 44.1 Å². The number of fused-ring (bicyclic) bond motifs is 1. The SMILES string of the molecule is CC1(CNc2ncnc3c2CCC3)CCCNC1. The highest BCUT2D eigenvalue weighted by Gasteiger charge is 2.27. The van der Waals surface area contributed by atoms with Crippen molar-refractivity contribution in [3.8, 4) is 0 Å². The molecule has 0 spiro atoms. The van der Waals surface area contributed by atoms with E-state index in [4.69, 9.17) is 0 Å². The lowest BCUT2D eigenvalue weighted by atomic mass is 9.83. The van der Waals surface area contributed by atoms with E-state index in [1.807, 2.05) is 0 Å². The molecular formula is C14H22N4. The van der Waals surface area contributed by atoms with E-state index in [0.717, 1.165) is 31.7 Å². The molecule has 1 saturated heterocycles. The predicted molar refractivity (Wildman–Crippen MR) is 72.8 cm³/mol. The minimum Gasteiger partial charge on any atom is -0.369 e. The van der Waals surface area contributed by atoms with Crippen LogP contribution in [-0.4, -0.2) is 29.6 Å². The van der Waals surface area contributed by atoms with Crippen molar-refractivity contribution in [1.82, 2.24) is 15.3 Å². The normalized spacial score (nSPS) is 26.9. The molecule has 2 N–H and O–H groups in total. The van der Waals surface area contributed by atoms with Gasteiger partial charge in [0.25, 0.3) is 0 Å². The first kappa shape index (κ1) is 11.9. The Balaban J connectivity index is 1.68. The van der Waals surface area contributed by atoms with Crippen molar-refractivity contribution in [1.29, 1.82) is 0 Å². The second-order valence-electron chi connectivity index (χ2n) is 5.95. The molecule has 0 radical (unpaired) electrons. The molecule has 4 nitrogen and oxygen atoms in total. The van der Waals surface area contributed by atoms with Crippen LogP contribution in [-0.2, 0) is 12.8 Å². The Morgan fingerprint density at radius 3 is 3.11 bits per heavy atom. The molecule has 4 heteroatoms. The summed E-state index contributed by atoms with van der Waals surface area (Å²) in [5.41, 5.74) is 2.96. The second-order valence-corrected chi connectivity index (χ2v) is 5.95. The van der Waals surface area contributed by atoms with Gasteiger partial charge in [-0.15, -0.1) is 0 Å². The van der Waals surface area contributed by atoms with Crippen molar-refractivity contribution in [2.45, 2.75) is 39.0 Å². The van der Waals surface area contributed by atoms with Gasteiger partial charge in [0, 0.05) is 24.3 Å². The fourth-order valence-electron chi connectivity index (χ4n) is 3.08. The fraction of sp³-hybridized carbons (Fsp3) is 0.714. The molecule has 3 rings (SSSR count). The van der Waals surface area contributed by atoms with Crippen LogP contribution in [0.15, 0.2) is 6.33 Å². The molecule has 1 fully saturated rings. The monoisotopic (exact) mass is 246 g/mol. The highest BCUT2D eigenvalue weighted by atomic mass is 15.0. The number of piperidine rings is 1. The largest absolute Gasteiger partial charge is 0.369 e. The number of hydrogen-bond donors (Lipinski definition) is 2. The summed E-state index contributed by atoms with van der Waals surface area (Å²) in [6.07, 6.45) is 7.74. The van der Waals surface area contributed by atoms with Crippen LogP contribution < -0.4 is 10.6 Å². The zero-order valence-corrected chi connectivity index (χ0v) is 11.1. The molecule has 1 aliphatic heterocycles. The molecular weight excluding hydrogens is 224 g/mol. The van der Waals surface area contributed by atoms with Crippen molar-refractivity contribution in [3.05, 3.63) is 17.6 Å². The van der Waals surface area contributed by atoms with Crippen molar-refractivity contribution in [2.75, 3.05) is 25.0 Å². The summed E-state index contributed by atoms with van der Waals surface area (Å²) in [4.78, 5) is 8.79. The highest BCUT2D eigenvalue weighted by molar-refractivity contribution is 5.48. The molecule has 2 heterocycles. The quantitative estimate of drug-likeness (QED) is 0.853. The summed E-state index contributed by atoms with van der Waals surface area (Å²) >= 11 is 0. The molecule has 0 saturated carbocycles. The summed E-state index contributed by atoms with van der Waals surface area (Å²) in [6.45, 7) is 5.63. The standard InChI is InChI=1S/C14H22N4/c1-14(6-3-7-15-8-14)9-16-13-11-4-2-5-12(11)17-10-18-13/h10,15H,2-9H2,1H3,(H,16,17,18). The van der Waals surface area contributed by atoms with Crippen molar-refractivity contribution >= 4 is 5.82 Å². The van der Waals surface area contributed by atoms with Gasteiger partial charge in [-0.3, -0.25) is 0 Å². The zero-order valence-electron chi connectivity index (χ0n) is 11.1. The minimum absolute atomic E-state index is 0.356. The number of aryl methyl sites for hydroxylation is 1. The van der Waals surface area contributed by atoms with E-state index < -0.39 is 0 Å². The molecule has 1 aliphatic carbocycles. The number of anilines is 1. The fourth-order valence-corrected chi connectivity index (χ4v) is 3.08. The topological polar surface area (TPSA) is 49.8 Å². The maximum absolute atomic E-state index is 4.42. The molecule has 18 heavy (non-hydrogen) atoms. The summed E-state index contributed by atoms with van der Waals surface area (Å²) < 4.78 is 0. The first-order chi connectivity index (χ1) is 8.77. The number of rotatable bonds is 3. The third-order valence-electron chi connectivity index (χ3n) is 4.24. The first-order valence-corrected chi connectivity index (χ1v) is 7.04. The molecule has 2 aliphatic rings. The lowest BCUT2D eigenvalue weighted by Gasteiger charge is -2.34. The molecule has 98 valence electrons. The van der Waals surface area contributed by atoms with Gasteiger partial charge in [-0.1, -0.05) is 6.92 Å². The van der Waals surface area contributed by atoms with Gasteiger partial charge in [0.05, 0.1) is 0 Å². The number of nitrogens with one attached hydrogen (secondary N) is 2. The Kier molecular flexibility index (Phi) is 3.20. The van der Waals surface area contributed by atoms with Crippen molar-refractivity contribution in [2.24, 2.45) is 5.41 Å². The molecule has 0 bridgehead atoms. The maximum atomic E-state index is 4.42. The first-order valence-electron chi connectivity index (χ1n) is 7.04. The summed E-state index contributed by atoms with van der Waals surface area (Å²) in [6, 6.07) is 0. The maximum Gasteiger partial charge on any atom is 0.132 e. The van der Waals surface area contributed by atoms with Gasteiger partial charge in [0.2, 0.25) is 0 Å². The van der Waals surface area contributed by atoms with E-state index in [1.165, 1.54) is 37.1 Å². The Bertz CT molecular complexity index is 424. The molecule has 1 aromatic rings. The van der Waals surface area contributed by atoms with Crippen LogP contribution >= 0.6 is 0 Å². The third-order valence-corrected chi connectivity index (χ3v) is 4.24. The predicted octanol–water partition coefficient (Wildman–Crippen LogP) is 1.77. The van der Waals surface area contributed by atoms with Gasteiger partial charge in [0.1, 0.15) is 12.1 Å². The second kappa shape index (κ2) is 4.84. The Morgan fingerprint density at radius 1 is 1.33 bits per heavy atom. The van der Waals surface area contributed by atoms with Gasteiger partial charge in [0.15, 0.2) is 0 Å².